The van der Waals surface area contributed by atoms with Crippen molar-refractivity contribution in [2.24, 2.45) is 5.92 Å². The van der Waals surface area contributed by atoms with Gasteiger partial charge in [-0.3, -0.25) is 9.59 Å². The van der Waals surface area contributed by atoms with E-state index in [1.807, 2.05) is 61.5 Å². The fourth-order valence-corrected chi connectivity index (χ4v) is 4.47. The Morgan fingerprint density at radius 3 is 2.11 bits per heavy atom. The van der Waals surface area contributed by atoms with Crippen molar-refractivity contribution in [3.05, 3.63) is 95.6 Å². The van der Waals surface area contributed by atoms with Gasteiger partial charge in [0.15, 0.2) is 0 Å². The summed E-state index contributed by atoms with van der Waals surface area (Å²) in [4.78, 5) is 25.4. The van der Waals surface area contributed by atoms with Gasteiger partial charge in [0.25, 0.3) is 0 Å². The van der Waals surface area contributed by atoms with Crippen molar-refractivity contribution in [1.29, 1.82) is 0 Å². The summed E-state index contributed by atoms with van der Waals surface area (Å²) in [5, 5.41) is 0. The Hall–Kier alpha value is -3.44. The number of carbonyl (C=O) groups is 2. The van der Waals surface area contributed by atoms with Crippen LogP contribution in [-0.2, 0) is 30.4 Å². The molecule has 0 aromatic heterocycles. The molecule has 0 aliphatic heterocycles. The van der Waals surface area contributed by atoms with Crippen molar-refractivity contribution < 1.29 is 23.8 Å². The molecule has 182 valence electrons. The van der Waals surface area contributed by atoms with E-state index < -0.39 is 5.92 Å². The minimum Gasteiger partial charge on any atom is -0.465 e. The van der Waals surface area contributed by atoms with E-state index in [1.165, 1.54) is 22.3 Å². The van der Waals surface area contributed by atoms with E-state index in [9.17, 15) is 9.59 Å². The van der Waals surface area contributed by atoms with Crippen LogP contribution in [0.1, 0.15) is 48.8 Å². The van der Waals surface area contributed by atoms with Crippen LogP contribution >= 0.6 is 0 Å². The van der Waals surface area contributed by atoms with Crippen LogP contribution < -0.4 is 0 Å². The fourth-order valence-electron chi connectivity index (χ4n) is 4.47. The van der Waals surface area contributed by atoms with Crippen LogP contribution in [0.25, 0.3) is 11.1 Å². The lowest BCUT2D eigenvalue weighted by Crippen LogP contribution is -2.24. The van der Waals surface area contributed by atoms with Crippen molar-refractivity contribution in [3.8, 4) is 11.1 Å². The van der Waals surface area contributed by atoms with Crippen LogP contribution in [-0.4, -0.2) is 31.8 Å². The maximum Gasteiger partial charge on any atom is 0.311 e. The van der Waals surface area contributed by atoms with E-state index in [1.54, 1.807) is 0 Å². The first kappa shape index (κ1) is 24.7. The van der Waals surface area contributed by atoms with Crippen molar-refractivity contribution in [2.45, 2.75) is 38.7 Å². The molecule has 0 radical (unpaired) electrons. The average Bonchev–Trinajstić information content (AvgIpc) is 3.22. The lowest BCUT2D eigenvalue weighted by molar-refractivity contribution is -0.153. The predicted molar refractivity (Wildman–Crippen MR) is 135 cm³/mol. The summed E-state index contributed by atoms with van der Waals surface area (Å²) in [5.74, 6) is -1.16. The van der Waals surface area contributed by atoms with E-state index in [0.29, 0.717) is 13.0 Å². The highest BCUT2D eigenvalue weighted by molar-refractivity contribution is 5.79. The van der Waals surface area contributed by atoms with E-state index in [2.05, 4.69) is 24.3 Å². The fraction of sp³-hybridized carbons (Fsp3) is 0.333. The summed E-state index contributed by atoms with van der Waals surface area (Å²) in [6.07, 6.45) is 1.32. The number of carbonyl (C=O) groups excluding carboxylic acids is 2. The highest BCUT2D eigenvalue weighted by Gasteiger charge is 2.29. The molecule has 0 saturated carbocycles. The van der Waals surface area contributed by atoms with E-state index in [-0.39, 0.29) is 44.1 Å². The number of benzene rings is 3. The van der Waals surface area contributed by atoms with Crippen molar-refractivity contribution >= 4 is 11.9 Å². The van der Waals surface area contributed by atoms with Gasteiger partial charge >= 0.3 is 11.9 Å². The molecular formula is C30H32O5. The molecule has 3 aromatic carbocycles. The quantitative estimate of drug-likeness (QED) is 0.242. The number of rotatable bonds is 12. The number of esters is 2. The lowest BCUT2D eigenvalue weighted by atomic mass is 9.98. The molecule has 5 heteroatoms. The second-order valence-corrected chi connectivity index (χ2v) is 8.81. The number of hydrogen-bond acceptors (Lipinski definition) is 5. The maximum atomic E-state index is 12.7. The Bertz CT molecular complexity index is 1080. The number of hydrogen-bond donors (Lipinski definition) is 0. The Labute approximate surface area is 207 Å². The summed E-state index contributed by atoms with van der Waals surface area (Å²) in [6, 6.07) is 26.0. The highest BCUT2D eigenvalue weighted by Crippen LogP contribution is 2.44. The lowest BCUT2D eigenvalue weighted by Gasteiger charge is -2.17. The highest BCUT2D eigenvalue weighted by atomic mass is 16.5. The molecule has 4 rings (SSSR count). The average molecular weight is 473 g/mol. The molecule has 1 aliphatic carbocycles. The molecule has 5 nitrogen and oxygen atoms in total. The topological polar surface area (TPSA) is 61.8 Å². The second-order valence-electron chi connectivity index (χ2n) is 8.81. The Morgan fingerprint density at radius 2 is 1.46 bits per heavy atom. The molecule has 0 saturated heterocycles. The zero-order valence-corrected chi connectivity index (χ0v) is 20.2. The molecule has 0 bridgehead atoms. The molecule has 0 fully saturated rings. The van der Waals surface area contributed by atoms with Gasteiger partial charge in [0.2, 0.25) is 0 Å². The summed E-state index contributed by atoms with van der Waals surface area (Å²) < 4.78 is 16.8. The summed E-state index contributed by atoms with van der Waals surface area (Å²) >= 11 is 0. The van der Waals surface area contributed by atoms with Gasteiger partial charge in [0, 0.05) is 18.9 Å². The molecular weight excluding hydrogens is 440 g/mol. The standard InChI is InChI=1S/C30H32O5/c1-2-18-33-20-23(30(32)35-19-22-10-4-3-5-11-22)16-17-29(31)34-21-28-26-14-8-6-12-24(26)25-13-7-9-15-27(25)28/h3-15,23,28H,2,16-21H2,1H3/t23-/m1/s1. The first-order valence-electron chi connectivity index (χ1n) is 12.3. The Morgan fingerprint density at radius 1 is 0.829 bits per heavy atom. The van der Waals surface area contributed by atoms with Crippen LogP contribution in [0.3, 0.4) is 0 Å². The third-order valence-electron chi connectivity index (χ3n) is 6.30. The van der Waals surface area contributed by atoms with Crippen molar-refractivity contribution in [1.82, 2.24) is 0 Å². The Kier molecular flexibility index (Phi) is 8.68. The summed E-state index contributed by atoms with van der Waals surface area (Å²) in [5.41, 5.74) is 5.66. The van der Waals surface area contributed by atoms with Crippen LogP contribution in [0, 0.1) is 5.92 Å². The third-order valence-corrected chi connectivity index (χ3v) is 6.30. The molecule has 0 N–H and O–H groups in total. The SMILES string of the molecule is CCCOC[C@@H](CCC(=O)OCC1c2ccccc2-c2ccccc21)C(=O)OCc1ccccc1. The maximum absolute atomic E-state index is 12.7. The van der Waals surface area contributed by atoms with E-state index in [4.69, 9.17) is 14.2 Å². The van der Waals surface area contributed by atoms with E-state index >= 15 is 0 Å². The van der Waals surface area contributed by atoms with Gasteiger partial charge in [0.05, 0.1) is 12.5 Å². The van der Waals surface area contributed by atoms with E-state index in [0.717, 1.165) is 12.0 Å². The third kappa shape index (κ3) is 6.37. The first-order chi connectivity index (χ1) is 17.2. The molecule has 1 aliphatic rings. The molecule has 0 spiro atoms. The first-order valence-corrected chi connectivity index (χ1v) is 12.3. The van der Waals surface area contributed by atoms with Crippen LogP contribution in [0.5, 0.6) is 0 Å². The molecule has 0 amide bonds. The molecule has 1 atom stereocenters. The molecule has 0 heterocycles. The largest absolute Gasteiger partial charge is 0.465 e. The van der Waals surface area contributed by atoms with Crippen LogP contribution in [0.2, 0.25) is 0 Å². The van der Waals surface area contributed by atoms with Crippen molar-refractivity contribution in [3.63, 3.8) is 0 Å². The van der Waals surface area contributed by atoms with Gasteiger partial charge < -0.3 is 14.2 Å². The van der Waals surface area contributed by atoms with Gasteiger partial charge in [-0.25, -0.2) is 0 Å². The Balaban J connectivity index is 1.31. The van der Waals surface area contributed by atoms with Gasteiger partial charge in [-0.15, -0.1) is 0 Å². The van der Waals surface area contributed by atoms with Crippen LogP contribution in [0.4, 0.5) is 0 Å². The normalized spacial score (nSPS) is 13.1. The summed E-state index contributed by atoms with van der Waals surface area (Å²) in [7, 11) is 0. The van der Waals surface area contributed by atoms with Gasteiger partial charge in [-0.1, -0.05) is 85.8 Å². The molecule has 35 heavy (non-hydrogen) atoms. The molecule has 0 unspecified atom stereocenters. The smallest absolute Gasteiger partial charge is 0.311 e. The van der Waals surface area contributed by atoms with Gasteiger partial charge in [-0.2, -0.15) is 0 Å². The summed E-state index contributed by atoms with van der Waals surface area (Å²) in [6.45, 7) is 3.29. The predicted octanol–water partition coefficient (Wildman–Crippen LogP) is 5.91. The monoisotopic (exact) mass is 472 g/mol. The van der Waals surface area contributed by atoms with Gasteiger partial charge in [0.1, 0.15) is 13.2 Å². The second kappa shape index (κ2) is 12.3. The van der Waals surface area contributed by atoms with Gasteiger partial charge in [-0.05, 0) is 40.7 Å². The van der Waals surface area contributed by atoms with Crippen molar-refractivity contribution in [2.75, 3.05) is 19.8 Å². The van der Waals surface area contributed by atoms with Crippen LogP contribution in [0.15, 0.2) is 78.9 Å². The zero-order valence-electron chi connectivity index (χ0n) is 20.2. The number of ether oxygens (including phenoxy) is 3. The molecule has 3 aromatic rings. The zero-order chi connectivity index (χ0) is 24.5. The number of fused-ring (bicyclic) bond motifs is 3. The minimum absolute atomic E-state index is 0.0193. The minimum atomic E-state index is -0.509.